The molecule has 0 amide bonds. The van der Waals surface area contributed by atoms with Crippen LogP contribution in [0.25, 0.3) is 5.69 Å². The zero-order valence-corrected chi connectivity index (χ0v) is 12.3. The van der Waals surface area contributed by atoms with Gasteiger partial charge in [-0.2, -0.15) is 13.2 Å². The molecule has 0 unspecified atom stereocenters. The van der Waals surface area contributed by atoms with Gasteiger partial charge in [0.1, 0.15) is 5.69 Å². The smallest absolute Gasteiger partial charge is 0.303 e. The van der Waals surface area contributed by atoms with Crippen LogP contribution < -0.4 is 11.2 Å². The van der Waals surface area contributed by atoms with Crippen LogP contribution in [0.5, 0.6) is 0 Å². The van der Waals surface area contributed by atoms with Crippen molar-refractivity contribution >= 4 is 17.3 Å². The fourth-order valence-electron chi connectivity index (χ4n) is 1.99. The van der Waals surface area contributed by atoms with Crippen molar-refractivity contribution in [3.8, 4) is 5.69 Å². The molecule has 7 nitrogen and oxygen atoms in total. The first kappa shape index (κ1) is 17.7. The lowest BCUT2D eigenvalue weighted by Gasteiger charge is -2.11. The third kappa shape index (κ3) is 2.89. The molecular formula is C12H6ClF4N3O4. The van der Waals surface area contributed by atoms with Crippen molar-refractivity contribution in [1.82, 2.24) is 9.55 Å². The van der Waals surface area contributed by atoms with Crippen molar-refractivity contribution in [2.75, 3.05) is 0 Å². The second-order valence-corrected chi connectivity index (χ2v) is 4.99. The monoisotopic (exact) mass is 367 g/mol. The fraction of sp³-hybridized carbons (Fsp3) is 0.167. The van der Waals surface area contributed by atoms with E-state index in [1.807, 2.05) is 0 Å². The largest absolute Gasteiger partial charge is 0.431 e. The van der Waals surface area contributed by atoms with Gasteiger partial charge in [0, 0.05) is 11.6 Å². The number of halogens is 5. The summed E-state index contributed by atoms with van der Waals surface area (Å²) in [7, 11) is 0. The maximum atomic E-state index is 14.1. The number of alkyl halides is 3. The number of aromatic nitrogens is 2. The van der Waals surface area contributed by atoms with E-state index in [1.54, 1.807) is 0 Å². The van der Waals surface area contributed by atoms with Crippen LogP contribution in [0.1, 0.15) is 11.3 Å². The molecule has 0 fully saturated rings. The first-order chi connectivity index (χ1) is 10.9. The highest BCUT2D eigenvalue weighted by Gasteiger charge is 2.34. The Hall–Kier alpha value is -2.69. The summed E-state index contributed by atoms with van der Waals surface area (Å²) < 4.78 is 51.7. The molecule has 0 saturated heterocycles. The Bertz CT molecular complexity index is 933. The van der Waals surface area contributed by atoms with Gasteiger partial charge in [-0.25, -0.2) is 13.8 Å². The molecule has 0 atom stereocenters. The number of hydrogen-bond acceptors (Lipinski definition) is 4. The van der Waals surface area contributed by atoms with Crippen molar-refractivity contribution in [2.24, 2.45) is 0 Å². The number of H-pyrrole nitrogens is 1. The Morgan fingerprint density at radius 2 is 1.88 bits per heavy atom. The van der Waals surface area contributed by atoms with Crippen molar-refractivity contribution in [1.29, 1.82) is 0 Å². The van der Waals surface area contributed by atoms with Gasteiger partial charge in [-0.05, 0) is 13.0 Å². The molecule has 0 aliphatic rings. The highest BCUT2D eigenvalue weighted by molar-refractivity contribution is 6.31. The number of nitrogens with zero attached hydrogens (tertiary/aromatic N) is 2. The summed E-state index contributed by atoms with van der Waals surface area (Å²) in [5.74, 6) is -1.41. The molecule has 1 N–H and O–H groups in total. The van der Waals surface area contributed by atoms with E-state index in [9.17, 15) is 37.3 Å². The second kappa shape index (κ2) is 5.74. The predicted molar refractivity (Wildman–Crippen MR) is 74.0 cm³/mol. The predicted octanol–water partition coefficient (Wildman–Crippen LogP) is 2.55. The van der Waals surface area contributed by atoms with Crippen molar-refractivity contribution < 1.29 is 22.5 Å². The van der Waals surface area contributed by atoms with Gasteiger partial charge in [0.15, 0.2) is 11.5 Å². The van der Waals surface area contributed by atoms with Crippen molar-refractivity contribution in [3.05, 3.63) is 65.2 Å². The third-order valence-electron chi connectivity index (χ3n) is 3.06. The Labute approximate surface area is 134 Å². The standard InChI is InChI=1S/C12H6ClF4N3O4/c1-4-5(13)2-6(14)10(9(4)20(23)24)19-8(21)3-7(12(15,16)17)18-11(19)22/h2-3H,1H3,(H,18,22). The number of hydrogen-bond donors (Lipinski definition) is 1. The summed E-state index contributed by atoms with van der Waals surface area (Å²) in [5.41, 5.74) is -7.30. The summed E-state index contributed by atoms with van der Waals surface area (Å²) in [4.78, 5) is 35.1. The SMILES string of the molecule is Cc1c(Cl)cc(F)c(-n2c(=O)cc(C(F)(F)F)[nH]c2=O)c1[N+](=O)[O-]. The molecule has 24 heavy (non-hydrogen) atoms. The Morgan fingerprint density at radius 1 is 1.29 bits per heavy atom. The van der Waals surface area contributed by atoms with Crippen LogP contribution in [-0.2, 0) is 6.18 Å². The van der Waals surface area contributed by atoms with Crippen LogP contribution in [0.3, 0.4) is 0 Å². The number of rotatable bonds is 2. The maximum Gasteiger partial charge on any atom is 0.431 e. The van der Waals surface area contributed by atoms with Gasteiger partial charge in [0.05, 0.1) is 9.95 Å². The van der Waals surface area contributed by atoms with E-state index in [1.165, 1.54) is 4.98 Å². The molecule has 2 aromatic rings. The van der Waals surface area contributed by atoms with Crippen LogP contribution in [0.15, 0.2) is 21.7 Å². The second-order valence-electron chi connectivity index (χ2n) is 4.58. The average molecular weight is 368 g/mol. The lowest BCUT2D eigenvalue weighted by molar-refractivity contribution is -0.385. The summed E-state index contributed by atoms with van der Waals surface area (Å²) in [5, 5.41) is 10.8. The van der Waals surface area contributed by atoms with E-state index in [0.29, 0.717) is 6.07 Å². The van der Waals surface area contributed by atoms with Crippen LogP contribution in [0.2, 0.25) is 5.02 Å². The van der Waals surface area contributed by atoms with Gasteiger partial charge >= 0.3 is 17.6 Å². The molecule has 0 bridgehead atoms. The lowest BCUT2D eigenvalue weighted by Crippen LogP contribution is -2.36. The van der Waals surface area contributed by atoms with E-state index in [4.69, 9.17) is 11.6 Å². The minimum atomic E-state index is -5.03. The minimum absolute atomic E-state index is 0.00545. The van der Waals surface area contributed by atoms with Crippen LogP contribution in [0, 0.1) is 22.9 Å². The quantitative estimate of drug-likeness (QED) is 0.501. The first-order valence-corrected chi connectivity index (χ1v) is 6.40. The van der Waals surface area contributed by atoms with Crippen molar-refractivity contribution in [3.63, 3.8) is 0 Å². The van der Waals surface area contributed by atoms with E-state index >= 15 is 0 Å². The molecule has 0 aliphatic carbocycles. The number of nitrogens with one attached hydrogen (secondary N) is 1. The first-order valence-electron chi connectivity index (χ1n) is 6.02. The van der Waals surface area contributed by atoms with E-state index in [0.717, 1.165) is 6.92 Å². The van der Waals surface area contributed by atoms with Gasteiger partial charge in [-0.15, -0.1) is 0 Å². The van der Waals surface area contributed by atoms with E-state index in [2.05, 4.69) is 0 Å². The number of aromatic amines is 1. The molecule has 12 heteroatoms. The average Bonchev–Trinajstić information content (AvgIpc) is 2.42. The molecule has 0 aliphatic heterocycles. The molecular weight excluding hydrogens is 362 g/mol. The summed E-state index contributed by atoms with van der Waals surface area (Å²) in [6, 6.07) is 0.608. The highest BCUT2D eigenvalue weighted by atomic mass is 35.5. The Morgan fingerprint density at radius 3 is 2.33 bits per heavy atom. The van der Waals surface area contributed by atoms with Crippen LogP contribution in [0.4, 0.5) is 23.2 Å². The fourth-order valence-corrected chi connectivity index (χ4v) is 2.17. The molecule has 2 rings (SSSR count). The van der Waals surface area contributed by atoms with Crippen LogP contribution in [-0.4, -0.2) is 14.5 Å². The molecule has 0 radical (unpaired) electrons. The van der Waals surface area contributed by atoms with Gasteiger partial charge in [0.2, 0.25) is 0 Å². The van der Waals surface area contributed by atoms with E-state index < -0.39 is 45.2 Å². The van der Waals surface area contributed by atoms with Gasteiger partial charge in [-0.1, -0.05) is 11.6 Å². The summed E-state index contributed by atoms with van der Waals surface area (Å²) in [6.07, 6.45) is -5.03. The van der Waals surface area contributed by atoms with Crippen LogP contribution >= 0.6 is 11.6 Å². The van der Waals surface area contributed by atoms with Gasteiger partial charge in [0.25, 0.3) is 5.56 Å². The number of nitro groups is 1. The molecule has 0 spiro atoms. The van der Waals surface area contributed by atoms with Crippen molar-refractivity contribution in [2.45, 2.75) is 13.1 Å². The van der Waals surface area contributed by atoms with Gasteiger partial charge < -0.3 is 4.98 Å². The Balaban J connectivity index is 2.94. The molecule has 1 aromatic heterocycles. The zero-order chi connectivity index (χ0) is 18.4. The third-order valence-corrected chi connectivity index (χ3v) is 3.45. The maximum absolute atomic E-state index is 14.1. The normalized spacial score (nSPS) is 11.6. The number of benzene rings is 1. The highest BCUT2D eigenvalue weighted by Crippen LogP contribution is 2.33. The zero-order valence-electron chi connectivity index (χ0n) is 11.6. The topological polar surface area (TPSA) is 98.0 Å². The summed E-state index contributed by atoms with van der Waals surface area (Å²) in [6.45, 7) is 1.13. The minimum Gasteiger partial charge on any atom is -0.303 e. The number of nitro benzene ring substituents is 1. The van der Waals surface area contributed by atoms with E-state index in [-0.39, 0.29) is 21.2 Å². The molecule has 0 saturated carbocycles. The summed E-state index contributed by atoms with van der Waals surface area (Å²) >= 11 is 5.62. The van der Waals surface area contributed by atoms with Gasteiger partial charge in [-0.3, -0.25) is 14.9 Å². The molecule has 1 heterocycles. The lowest BCUT2D eigenvalue weighted by atomic mass is 10.1. The molecule has 1 aromatic carbocycles. The molecule has 128 valence electrons. The Kier molecular flexibility index (Phi) is 4.23.